The number of carbonyl (C=O) groups is 1. The van der Waals surface area contributed by atoms with E-state index in [0.717, 1.165) is 18.6 Å². The van der Waals surface area contributed by atoms with Crippen LogP contribution in [0, 0.1) is 0 Å². The molecule has 0 radical (unpaired) electrons. The summed E-state index contributed by atoms with van der Waals surface area (Å²) >= 11 is 0. The molecule has 21 heavy (non-hydrogen) atoms. The van der Waals surface area contributed by atoms with Crippen LogP contribution in [0.3, 0.4) is 0 Å². The predicted molar refractivity (Wildman–Crippen MR) is 79.5 cm³/mol. The third-order valence-corrected chi connectivity index (χ3v) is 3.28. The molecule has 1 aliphatic heterocycles. The van der Waals surface area contributed by atoms with Crippen molar-refractivity contribution in [2.75, 3.05) is 31.9 Å². The highest BCUT2D eigenvalue weighted by Crippen LogP contribution is 2.22. The number of benzene rings is 1. The van der Waals surface area contributed by atoms with Gasteiger partial charge in [0.1, 0.15) is 5.75 Å². The van der Waals surface area contributed by atoms with Crippen molar-refractivity contribution in [3.05, 3.63) is 24.3 Å². The van der Waals surface area contributed by atoms with Gasteiger partial charge in [0.15, 0.2) is 0 Å². The van der Waals surface area contributed by atoms with Crippen molar-refractivity contribution in [2.45, 2.75) is 25.8 Å². The molecule has 0 atom stereocenters. The van der Waals surface area contributed by atoms with Crippen molar-refractivity contribution in [3.8, 4) is 5.75 Å². The van der Waals surface area contributed by atoms with Crippen LogP contribution in [-0.4, -0.2) is 39.1 Å². The number of hydrogen-bond donors (Lipinski definition) is 1. The van der Waals surface area contributed by atoms with Crippen molar-refractivity contribution in [1.82, 2.24) is 5.43 Å². The highest BCUT2D eigenvalue weighted by Gasteiger charge is 2.22. The number of hydrazine groups is 1. The van der Waals surface area contributed by atoms with Crippen LogP contribution in [0.5, 0.6) is 5.75 Å². The lowest BCUT2D eigenvalue weighted by atomic mass is 10.1. The van der Waals surface area contributed by atoms with E-state index in [-0.39, 0.29) is 6.04 Å². The van der Waals surface area contributed by atoms with E-state index in [1.54, 1.807) is 0 Å². The Morgan fingerprint density at radius 1 is 1.43 bits per heavy atom. The predicted octanol–water partition coefficient (Wildman–Crippen LogP) is 2.34. The molecule has 1 aromatic carbocycles. The van der Waals surface area contributed by atoms with Gasteiger partial charge in [0.05, 0.1) is 19.4 Å². The van der Waals surface area contributed by atoms with Gasteiger partial charge in [-0.3, -0.25) is 0 Å². The molecule has 1 amide bonds. The number of rotatable bonds is 5. The van der Waals surface area contributed by atoms with Gasteiger partial charge in [-0.25, -0.2) is 15.2 Å². The summed E-state index contributed by atoms with van der Waals surface area (Å²) in [6, 6.07) is 7.55. The van der Waals surface area contributed by atoms with Crippen LogP contribution in [0.1, 0.15) is 19.8 Å². The normalized spacial score (nSPS) is 15.5. The minimum Gasteiger partial charge on any atom is -0.494 e. The van der Waals surface area contributed by atoms with E-state index in [1.165, 1.54) is 12.1 Å². The molecule has 1 heterocycles. The summed E-state index contributed by atoms with van der Waals surface area (Å²) in [5.74, 6) is 0.720. The lowest BCUT2D eigenvalue weighted by Crippen LogP contribution is -2.50. The van der Waals surface area contributed by atoms with Crippen LogP contribution in [0.25, 0.3) is 0 Å². The Balaban J connectivity index is 2.14. The molecule has 1 fully saturated rings. The van der Waals surface area contributed by atoms with Gasteiger partial charge >= 0.3 is 6.09 Å². The first kappa shape index (κ1) is 15.6. The van der Waals surface area contributed by atoms with Crippen LogP contribution in [0.4, 0.5) is 10.5 Å². The Labute approximate surface area is 124 Å². The topological polar surface area (TPSA) is 60.0 Å². The fourth-order valence-electron chi connectivity index (χ4n) is 2.21. The lowest BCUT2D eigenvalue weighted by molar-refractivity contribution is 0.0764. The Hall–Kier alpha value is -1.79. The lowest BCUT2D eigenvalue weighted by Gasteiger charge is -2.30. The van der Waals surface area contributed by atoms with E-state index in [4.69, 9.17) is 14.2 Å². The molecule has 1 N–H and O–H groups in total. The maximum absolute atomic E-state index is 12.0. The average molecular weight is 294 g/mol. The number of nitrogens with one attached hydrogen (secondary N) is 1. The molecule has 116 valence electrons. The molecule has 6 nitrogen and oxygen atoms in total. The first-order valence-corrected chi connectivity index (χ1v) is 7.19. The zero-order valence-electron chi connectivity index (χ0n) is 12.5. The third kappa shape index (κ3) is 4.34. The maximum atomic E-state index is 12.0. The summed E-state index contributed by atoms with van der Waals surface area (Å²) in [5, 5.41) is 1.43. The van der Waals surface area contributed by atoms with Crippen molar-refractivity contribution < 1.29 is 19.0 Å². The molecular formula is C15H22N2O4. The molecule has 0 unspecified atom stereocenters. The Kier molecular flexibility index (Phi) is 5.83. The van der Waals surface area contributed by atoms with Crippen molar-refractivity contribution in [2.24, 2.45) is 0 Å². The summed E-state index contributed by atoms with van der Waals surface area (Å²) in [6.07, 6.45) is 1.27. The molecule has 0 aromatic heterocycles. The van der Waals surface area contributed by atoms with E-state index >= 15 is 0 Å². The summed E-state index contributed by atoms with van der Waals surface area (Å²) in [5.41, 5.74) is 3.91. The van der Waals surface area contributed by atoms with Gasteiger partial charge in [-0.05, 0) is 31.9 Å². The number of hydrogen-bond acceptors (Lipinski definition) is 5. The smallest absolute Gasteiger partial charge is 0.428 e. The first-order chi connectivity index (χ1) is 10.2. The average Bonchev–Trinajstić information content (AvgIpc) is 2.53. The second-order valence-electron chi connectivity index (χ2n) is 4.75. The zero-order valence-corrected chi connectivity index (χ0v) is 12.5. The van der Waals surface area contributed by atoms with Gasteiger partial charge in [0.2, 0.25) is 0 Å². The number of ether oxygens (including phenoxy) is 3. The van der Waals surface area contributed by atoms with Crippen LogP contribution < -0.4 is 15.2 Å². The van der Waals surface area contributed by atoms with E-state index in [9.17, 15) is 4.79 Å². The fourth-order valence-corrected chi connectivity index (χ4v) is 2.21. The summed E-state index contributed by atoms with van der Waals surface area (Å²) < 4.78 is 15.7. The largest absolute Gasteiger partial charge is 0.494 e. The van der Waals surface area contributed by atoms with E-state index in [2.05, 4.69) is 5.43 Å². The number of nitrogens with zero attached hydrogens (tertiary/aromatic N) is 1. The number of carbonyl (C=O) groups excluding carboxylic acids is 1. The van der Waals surface area contributed by atoms with Gasteiger partial charge < -0.3 is 14.2 Å². The second-order valence-corrected chi connectivity index (χ2v) is 4.75. The standard InChI is InChI=1S/C15H22N2O4/c1-3-21-14-6-4-5-13(11-14)17(15(18)19-2)16-12-7-9-20-10-8-12/h4-6,11-12,16H,3,7-10H2,1-2H3. The zero-order chi connectivity index (χ0) is 15.1. The van der Waals surface area contributed by atoms with Crippen molar-refractivity contribution in [3.63, 3.8) is 0 Å². The van der Waals surface area contributed by atoms with Gasteiger partial charge in [-0.15, -0.1) is 0 Å². The Bertz CT molecular complexity index is 461. The third-order valence-electron chi connectivity index (χ3n) is 3.28. The molecule has 0 aliphatic carbocycles. The quantitative estimate of drug-likeness (QED) is 0.845. The van der Waals surface area contributed by atoms with Gasteiger partial charge in [-0.1, -0.05) is 6.07 Å². The Morgan fingerprint density at radius 3 is 2.86 bits per heavy atom. The SMILES string of the molecule is CCOc1cccc(N(NC2CCOCC2)C(=O)OC)c1. The highest BCUT2D eigenvalue weighted by molar-refractivity contribution is 5.86. The van der Waals surface area contributed by atoms with Crippen molar-refractivity contribution in [1.29, 1.82) is 0 Å². The van der Waals surface area contributed by atoms with Crippen LogP contribution in [0.15, 0.2) is 24.3 Å². The molecular weight excluding hydrogens is 272 g/mol. The molecule has 1 aliphatic rings. The molecule has 2 rings (SSSR count). The van der Waals surface area contributed by atoms with Gasteiger partial charge in [0.25, 0.3) is 0 Å². The molecule has 0 spiro atoms. The fraction of sp³-hybridized carbons (Fsp3) is 0.533. The maximum Gasteiger partial charge on any atom is 0.428 e. The molecule has 6 heteroatoms. The van der Waals surface area contributed by atoms with Gasteiger partial charge in [0, 0.05) is 25.3 Å². The van der Waals surface area contributed by atoms with E-state index in [1.807, 2.05) is 31.2 Å². The summed E-state index contributed by atoms with van der Waals surface area (Å²) in [4.78, 5) is 12.0. The minimum absolute atomic E-state index is 0.189. The molecule has 0 saturated carbocycles. The van der Waals surface area contributed by atoms with Gasteiger partial charge in [-0.2, -0.15) is 0 Å². The minimum atomic E-state index is -0.449. The summed E-state index contributed by atoms with van der Waals surface area (Å²) in [7, 11) is 1.37. The molecule has 0 bridgehead atoms. The molecule has 1 saturated heterocycles. The number of amides is 1. The number of methoxy groups -OCH3 is 1. The molecule has 1 aromatic rings. The van der Waals surface area contributed by atoms with E-state index < -0.39 is 6.09 Å². The van der Waals surface area contributed by atoms with Crippen molar-refractivity contribution >= 4 is 11.8 Å². The summed E-state index contributed by atoms with van der Waals surface area (Å²) in [6.45, 7) is 3.90. The highest BCUT2D eigenvalue weighted by atomic mass is 16.5. The van der Waals surface area contributed by atoms with Crippen LogP contribution in [0.2, 0.25) is 0 Å². The first-order valence-electron chi connectivity index (χ1n) is 7.19. The number of anilines is 1. The van der Waals surface area contributed by atoms with Crippen LogP contribution >= 0.6 is 0 Å². The monoisotopic (exact) mass is 294 g/mol. The van der Waals surface area contributed by atoms with E-state index in [0.29, 0.717) is 25.5 Å². The van der Waals surface area contributed by atoms with Crippen LogP contribution in [-0.2, 0) is 9.47 Å². The Morgan fingerprint density at radius 2 is 2.19 bits per heavy atom. The second kappa shape index (κ2) is 7.85.